The standard InChI is InChI=1S/C12H21N3O6.2CH4/c1-19-7-4-13-10(16)14(5-8-20-2)12(18)15(11(13)17)6-9-21-3;;/h4-9H2,1-3H3;2*1H4. The third kappa shape index (κ3) is 5.77. The first-order valence-corrected chi connectivity index (χ1v) is 6.49. The van der Waals surface area contributed by atoms with Crippen LogP contribution in [0.5, 0.6) is 0 Å². The second-order valence-electron chi connectivity index (χ2n) is 4.28. The van der Waals surface area contributed by atoms with Crippen molar-refractivity contribution in [3.8, 4) is 0 Å². The molecule has 0 unspecified atom stereocenters. The summed E-state index contributed by atoms with van der Waals surface area (Å²) in [5.74, 6) is 0. The summed E-state index contributed by atoms with van der Waals surface area (Å²) in [6, 6.07) is 0. The van der Waals surface area contributed by atoms with Crippen molar-refractivity contribution in [3.05, 3.63) is 31.5 Å². The largest absolute Gasteiger partial charge is 0.383 e. The van der Waals surface area contributed by atoms with Gasteiger partial charge in [-0.05, 0) is 0 Å². The highest BCUT2D eigenvalue weighted by molar-refractivity contribution is 4.79. The normalized spacial score (nSPS) is 10.0. The van der Waals surface area contributed by atoms with Crippen LogP contribution in [0.25, 0.3) is 0 Å². The molecule has 0 saturated carbocycles. The van der Waals surface area contributed by atoms with Gasteiger partial charge in [-0.25, -0.2) is 28.1 Å². The summed E-state index contributed by atoms with van der Waals surface area (Å²) < 4.78 is 17.6. The van der Waals surface area contributed by atoms with Gasteiger partial charge in [0.05, 0.1) is 39.5 Å². The number of hydrogen-bond acceptors (Lipinski definition) is 6. The highest BCUT2D eigenvalue weighted by atomic mass is 16.5. The van der Waals surface area contributed by atoms with E-state index >= 15 is 0 Å². The summed E-state index contributed by atoms with van der Waals surface area (Å²) in [5, 5.41) is 0. The van der Waals surface area contributed by atoms with E-state index in [0.717, 1.165) is 13.7 Å². The van der Waals surface area contributed by atoms with E-state index in [1.807, 2.05) is 0 Å². The van der Waals surface area contributed by atoms with Crippen molar-refractivity contribution < 1.29 is 14.2 Å². The van der Waals surface area contributed by atoms with Gasteiger partial charge in [-0.2, -0.15) is 0 Å². The summed E-state index contributed by atoms with van der Waals surface area (Å²) in [6.45, 7) is 0.822. The minimum atomic E-state index is -0.659. The molecule has 0 saturated heterocycles. The van der Waals surface area contributed by atoms with Crippen molar-refractivity contribution in [3.63, 3.8) is 0 Å². The third-order valence-electron chi connectivity index (χ3n) is 2.94. The zero-order valence-electron chi connectivity index (χ0n) is 12.5. The van der Waals surface area contributed by atoms with Crippen LogP contribution >= 0.6 is 0 Å². The van der Waals surface area contributed by atoms with E-state index < -0.39 is 17.1 Å². The fraction of sp³-hybridized carbons (Fsp3) is 0.786. The van der Waals surface area contributed by atoms with Crippen molar-refractivity contribution in [1.29, 1.82) is 0 Å². The van der Waals surface area contributed by atoms with Crippen LogP contribution in [0.4, 0.5) is 0 Å². The van der Waals surface area contributed by atoms with Crippen molar-refractivity contribution in [2.45, 2.75) is 34.5 Å². The first kappa shape index (κ1) is 23.6. The Morgan fingerprint density at radius 1 is 0.609 bits per heavy atom. The number of aromatic nitrogens is 3. The molecular weight excluding hydrogens is 306 g/mol. The maximum absolute atomic E-state index is 12.2. The summed E-state index contributed by atoms with van der Waals surface area (Å²) in [7, 11) is 4.40. The Balaban J connectivity index is 0. The Kier molecular flexibility index (Phi) is 12.1. The average molecular weight is 335 g/mol. The van der Waals surface area contributed by atoms with Crippen molar-refractivity contribution >= 4 is 0 Å². The fourth-order valence-corrected chi connectivity index (χ4v) is 1.80. The van der Waals surface area contributed by atoms with Crippen molar-refractivity contribution in [2.75, 3.05) is 41.2 Å². The number of methoxy groups -OCH3 is 3. The van der Waals surface area contributed by atoms with E-state index in [9.17, 15) is 14.4 Å². The van der Waals surface area contributed by atoms with E-state index in [2.05, 4.69) is 0 Å². The Morgan fingerprint density at radius 2 is 0.826 bits per heavy atom. The lowest BCUT2D eigenvalue weighted by atomic mass is 10.6. The highest BCUT2D eigenvalue weighted by Crippen LogP contribution is 1.81. The Hall–Kier alpha value is -1.71. The Morgan fingerprint density at radius 3 is 1.00 bits per heavy atom. The molecule has 136 valence electrons. The molecule has 0 N–H and O–H groups in total. The van der Waals surface area contributed by atoms with Gasteiger partial charge < -0.3 is 14.2 Å². The van der Waals surface area contributed by atoms with E-state index in [4.69, 9.17) is 14.2 Å². The van der Waals surface area contributed by atoms with Gasteiger partial charge in [0.25, 0.3) is 0 Å². The summed E-state index contributed by atoms with van der Waals surface area (Å²) in [4.78, 5) is 36.7. The summed E-state index contributed by atoms with van der Waals surface area (Å²) in [5.41, 5.74) is -1.98. The third-order valence-corrected chi connectivity index (χ3v) is 2.94. The molecule has 0 bridgehead atoms. The molecule has 0 aliphatic carbocycles. The number of rotatable bonds is 9. The van der Waals surface area contributed by atoms with Crippen LogP contribution in [0.2, 0.25) is 0 Å². The van der Waals surface area contributed by atoms with E-state index in [-0.39, 0.29) is 54.3 Å². The van der Waals surface area contributed by atoms with Gasteiger partial charge in [-0.3, -0.25) is 0 Å². The molecule has 1 aromatic heterocycles. The second kappa shape index (κ2) is 11.8. The predicted molar refractivity (Wildman–Crippen MR) is 88.3 cm³/mol. The zero-order chi connectivity index (χ0) is 15.8. The summed E-state index contributed by atoms with van der Waals surface area (Å²) >= 11 is 0. The zero-order valence-corrected chi connectivity index (χ0v) is 12.5. The topological polar surface area (TPSA) is 93.7 Å². The van der Waals surface area contributed by atoms with Gasteiger partial charge in [0, 0.05) is 21.3 Å². The smallest absolute Gasteiger partial charge is 0.336 e. The first-order chi connectivity index (χ1) is 10.1. The second-order valence-corrected chi connectivity index (χ2v) is 4.28. The van der Waals surface area contributed by atoms with Gasteiger partial charge in [0.2, 0.25) is 0 Å². The maximum atomic E-state index is 12.2. The average Bonchev–Trinajstić information content (AvgIpc) is 2.47. The van der Waals surface area contributed by atoms with Crippen molar-refractivity contribution in [2.24, 2.45) is 0 Å². The molecule has 0 fully saturated rings. The van der Waals surface area contributed by atoms with Crippen LogP contribution < -0.4 is 17.1 Å². The summed E-state index contributed by atoms with van der Waals surface area (Å²) in [6.07, 6.45) is 0. The molecule has 0 amide bonds. The van der Waals surface area contributed by atoms with Crippen LogP contribution in [0.3, 0.4) is 0 Å². The number of nitrogens with zero attached hydrogens (tertiary/aromatic N) is 3. The van der Waals surface area contributed by atoms with E-state index in [0.29, 0.717) is 0 Å². The molecule has 1 heterocycles. The van der Waals surface area contributed by atoms with Crippen LogP contribution in [0.1, 0.15) is 14.9 Å². The first-order valence-electron chi connectivity index (χ1n) is 6.49. The quantitative estimate of drug-likeness (QED) is 0.597. The molecule has 23 heavy (non-hydrogen) atoms. The molecule has 0 atom stereocenters. The fourth-order valence-electron chi connectivity index (χ4n) is 1.80. The highest BCUT2D eigenvalue weighted by Gasteiger charge is 2.14. The maximum Gasteiger partial charge on any atom is 0.336 e. The molecule has 1 rings (SSSR count). The van der Waals surface area contributed by atoms with Crippen molar-refractivity contribution in [1.82, 2.24) is 13.7 Å². The minimum absolute atomic E-state index is 0. The van der Waals surface area contributed by atoms with E-state index in [1.165, 1.54) is 21.3 Å². The number of hydrogen-bond donors (Lipinski definition) is 0. The molecule has 0 spiro atoms. The molecule has 9 nitrogen and oxygen atoms in total. The van der Waals surface area contributed by atoms with Crippen LogP contribution in [0, 0.1) is 0 Å². The SMILES string of the molecule is C.C.COCCn1c(=O)n(CCOC)c(=O)n(CCOC)c1=O. The molecule has 0 radical (unpaired) electrons. The molecule has 9 heteroatoms. The molecule has 1 aromatic rings. The van der Waals surface area contributed by atoms with E-state index in [1.54, 1.807) is 0 Å². The van der Waals surface area contributed by atoms with Crippen LogP contribution in [-0.2, 0) is 33.8 Å². The Labute approximate surface area is 136 Å². The lowest BCUT2D eigenvalue weighted by Gasteiger charge is -2.13. The Bertz CT molecular complexity index is 500. The molecular formula is C14H29N3O6. The van der Waals surface area contributed by atoms with Gasteiger partial charge in [0.15, 0.2) is 0 Å². The van der Waals surface area contributed by atoms with Crippen LogP contribution in [0.15, 0.2) is 14.4 Å². The molecule has 0 aliphatic heterocycles. The van der Waals surface area contributed by atoms with Crippen LogP contribution in [-0.4, -0.2) is 54.9 Å². The molecule has 0 aliphatic rings. The minimum Gasteiger partial charge on any atom is -0.383 e. The molecule has 0 aromatic carbocycles. The monoisotopic (exact) mass is 335 g/mol. The lowest BCUT2D eigenvalue weighted by molar-refractivity contribution is 0.166. The van der Waals surface area contributed by atoms with Gasteiger partial charge in [-0.15, -0.1) is 0 Å². The predicted octanol–water partition coefficient (Wildman–Crippen LogP) is -0.617. The van der Waals surface area contributed by atoms with Gasteiger partial charge in [0.1, 0.15) is 0 Å². The van der Waals surface area contributed by atoms with Gasteiger partial charge >= 0.3 is 17.1 Å². The lowest BCUT2D eigenvalue weighted by Crippen LogP contribution is -2.55. The number of ether oxygens (including phenoxy) is 3. The van der Waals surface area contributed by atoms with Gasteiger partial charge in [-0.1, -0.05) is 14.9 Å².